The van der Waals surface area contributed by atoms with Crippen LogP contribution in [0.2, 0.25) is 0 Å². The van der Waals surface area contributed by atoms with Crippen molar-refractivity contribution in [2.24, 2.45) is 0 Å². The van der Waals surface area contributed by atoms with Gasteiger partial charge in [-0.2, -0.15) is 0 Å². The predicted molar refractivity (Wildman–Crippen MR) is 299 cm³/mol. The lowest BCUT2D eigenvalue weighted by Gasteiger charge is -2.35. The highest BCUT2D eigenvalue weighted by Crippen LogP contribution is 2.43. The number of anilines is 3. The second-order valence-corrected chi connectivity index (χ2v) is 22.3. The Morgan fingerprint density at radius 1 is 0.271 bits per heavy atom. The van der Waals surface area contributed by atoms with Crippen molar-refractivity contribution in [3.05, 3.63) is 273 Å². The van der Waals surface area contributed by atoms with Crippen molar-refractivity contribution in [3.8, 4) is 16.8 Å². The molecule has 0 atom stereocenters. The van der Waals surface area contributed by atoms with Crippen molar-refractivity contribution < 1.29 is 0 Å². The SMILES string of the molecule is c1ccc([Si](c2ccccc2)(c2ccccc2)c2ccc(N(c3ccc(-c4cc5c6ccccc6n6c7ccccc7c(c4)c56)cc3)c3ccc(-n4c5ccccc5c5ccccc54)cc3)cc2)cc1. The van der Waals surface area contributed by atoms with E-state index in [0.717, 1.165) is 22.7 Å². The Labute approximate surface area is 407 Å². The molecule has 11 aromatic carbocycles. The van der Waals surface area contributed by atoms with Crippen molar-refractivity contribution >= 4 is 106 Å². The Bertz CT molecular complexity index is 3960. The molecule has 14 rings (SSSR count). The van der Waals surface area contributed by atoms with Gasteiger partial charge in [0.15, 0.2) is 8.07 Å². The topological polar surface area (TPSA) is 12.6 Å². The van der Waals surface area contributed by atoms with Crippen LogP contribution in [0.15, 0.2) is 273 Å². The first kappa shape index (κ1) is 40.1. The molecule has 0 aliphatic rings. The fraction of sp³-hybridized carbons (Fsp3) is 0. The Balaban J connectivity index is 0.925. The molecule has 4 heteroatoms. The fourth-order valence-electron chi connectivity index (χ4n) is 11.7. The molecule has 0 amide bonds. The van der Waals surface area contributed by atoms with Crippen LogP contribution in [-0.4, -0.2) is 17.0 Å². The average molecular weight is 908 g/mol. The number of rotatable bonds is 9. The summed E-state index contributed by atoms with van der Waals surface area (Å²) in [5.41, 5.74) is 13.0. The quantitative estimate of drug-likeness (QED) is 0.104. The van der Waals surface area contributed by atoms with E-state index in [1.807, 2.05) is 0 Å². The molecule has 0 saturated carbocycles. The highest BCUT2D eigenvalue weighted by atomic mass is 28.3. The van der Waals surface area contributed by atoms with Crippen molar-refractivity contribution in [1.29, 1.82) is 0 Å². The van der Waals surface area contributed by atoms with E-state index in [9.17, 15) is 0 Å². The monoisotopic (exact) mass is 907 g/mol. The number of nitrogens with zero attached hydrogens (tertiary/aromatic N) is 3. The summed E-state index contributed by atoms with van der Waals surface area (Å²) < 4.78 is 4.84. The number of para-hydroxylation sites is 4. The molecule has 3 aromatic heterocycles. The third-order valence-corrected chi connectivity index (χ3v) is 19.6. The van der Waals surface area contributed by atoms with Gasteiger partial charge in [0, 0.05) is 55.1 Å². The lowest BCUT2D eigenvalue weighted by atomic mass is 9.99. The summed E-state index contributed by atoms with van der Waals surface area (Å²) in [5.74, 6) is 0. The standard InChI is InChI=1S/C66H45N3Si/c1-4-18-52(19-5-1)70(53-20-6-2-7-21-53,54-22-8-3-9-23-54)55-42-40-50(41-43-55)67(49-36-38-51(39-37-49)68-62-28-14-10-24-56(62)57-25-11-15-29-63(57)68)48-34-32-46(33-35-48)47-44-60-58-26-12-16-30-64(58)69-65-31-17-13-27-59(65)61(45-47)66(60)69/h1-45H. The summed E-state index contributed by atoms with van der Waals surface area (Å²) in [4.78, 5) is 2.41. The maximum absolute atomic E-state index is 2.73. The van der Waals surface area contributed by atoms with Crippen molar-refractivity contribution in [1.82, 2.24) is 8.97 Å². The van der Waals surface area contributed by atoms with E-state index in [4.69, 9.17) is 0 Å². The molecule has 0 aliphatic carbocycles. The predicted octanol–water partition coefficient (Wildman–Crippen LogP) is 14.4. The van der Waals surface area contributed by atoms with Crippen LogP contribution in [0.25, 0.3) is 76.7 Å². The first-order chi connectivity index (χ1) is 34.7. The van der Waals surface area contributed by atoms with Gasteiger partial charge in [0.2, 0.25) is 0 Å². The first-order valence-electron chi connectivity index (χ1n) is 24.2. The summed E-state index contributed by atoms with van der Waals surface area (Å²) in [6.07, 6.45) is 0. The molecule has 0 bridgehead atoms. The van der Waals surface area contributed by atoms with E-state index >= 15 is 0 Å². The lowest BCUT2D eigenvalue weighted by molar-refractivity contribution is 1.17. The number of hydrogen-bond acceptors (Lipinski definition) is 1. The van der Waals surface area contributed by atoms with Gasteiger partial charge in [0.25, 0.3) is 0 Å². The van der Waals surface area contributed by atoms with Crippen molar-refractivity contribution in [2.45, 2.75) is 0 Å². The normalized spacial score (nSPS) is 12.0. The molecule has 0 radical (unpaired) electrons. The van der Waals surface area contributed by atoms with Crippen LogP contribution in [0, 0.1) is 0 Å². The minimum absolute atomic E-state index is 1.08. The third-order valence-electron chi connectivity index (χ3n) is 14.8. The largest absolute Gasteiger partial charge is 0.311 e. The van der Waals surface area contributed by atoms with E-state index in [1.165, 1.54) is 91.8 Å². The number of aromatic nitrogens is 2. The summed E-state index contributed by atoms with van der Waals surface area (Å²) in [5, 5.41) is 13.1. The molecule has 0 spiro atoms. The summed E-state index contributed by atoms with van der Waals surface area (Å²) in [6, 6.07) is 101. The molecular weight excluding hydrogens is 863 g/mol. The second kappa shape index (κ2) is 16.1. The first-order valence-corrected chi connectivity index (χ1v) is 26.2. The van der Waals surface area contributed by atoms with Crippen LogP contribution in [-0.2, 0) is 0 Å². The summed E-state index contributed by atoms with van der Waals surface area (Å²) in [6.45, 7) is 0. The molecule has 3 nitrogen and oxygen atoms in total. The van der Waals surface area contributed by atoms with Gasteiger partial charge in [0.05, 0.1) is 27.6 Å². The van der Waals surface area contributed by atoms with E-state index in [1.54, 1.807) is 0 Å². The summed E-state index contributed by atoms with van der Waals surface area (Å²) >= 11 is 0. The van der Waals surface area contributed by atoms with Crippen molar-refractivity contribution in [3.63, 3.8) is 0 Å². The molecule has 70 heavy (non-hydrogen) atoms. The smallest absolute Gasteiger partial charge is 0.179 e. The number of benzene rings is 11. The van der Waals surface area contributed by atoms with Gasteiger partial charge in [-0.15, -0.1) is 0 Å². The highest BCUT2D eigenvalue weighted by Gasteiger charge is 2.41. The molecule has 0 aliphatic heterocycles. The maximum atomic E-state index is 2.45. The molecular formula is C66H45N3Si. The zero-order valence-corrected chi connectivity index (χ0v) is 39.3. The molecule has 3 heterocycles. The van der Waals surface area contributed by atoms with Gasteiger partial charge in [-0.3, -0.25) is 0 Å². The molecule has 0 fully saturated rings. The molecule has 0 N–H and O–H groups in total. The summed E-state index contributed by atoms with van der Waals surface area (Å²) in [7, 11) is -2.73. The van der Waals surface area contributed by atoms with Gasteiger partial charge < -0.3 is 13.9 Å². The van der Waals surface area contributed by atoms with Crippen LogP contribution in [0.3, 0.4) is 0 Å². The van der Waals surface area contributed by atoms with Gasteiger partial charge >= 0.3 is 0 Å². The minimum atomic E-state index is -2.73. The van der Waals surface area contributed by atoms with E-state index < -0.39 is 8.07 Å². The van der Waals surface area contributed by atoms with Crippen LogP contribution in [0.5, 0.6) is 0 Å². The number of fused-ring (bicyclic) bond motifs is 9. The van der Waals surface area contributed by atoms with Gasteiger partial charge in [-0.25, -0.2) is 0 Å². The van der Waals surface area contributed by atoms with Crippen LogP contribution in [0.1, 0.15) is 0 Å². The fourth-order valence-corrected chi connectivity index (χ4v) is 16.5. The molecule has 328 valence electrons. The second-order valence-electron chi connectivity index (χ2n) is 18.5. The van der Waals surface area contributed by atoms with Crippen molar-refractivity contribution in [2.75, 3.05) is 4.90 Å². The highest BCUT2D eigenvalue weighted by molar-refractivity contribution is 7.19. The lowest BCUT2D eigenvalue weighted by Crippen LogP contribution is -2.74. The van der Waals surface area contributed by atoms with E-state index in [0.29, 0.717) is 0 Å². The van der Waals surface area contributed by atoms with E-state index in [2.05, 4.69) is 287 Å². The van der Waals surface area contributed by atoms with Gasteiger partial charge in [0.1, 0.15) is 0 Å². The average Bonchev–Trinajstić information content (AvgIpc) is 4.08. The third kappa shape index (κ3) is 6.07. The Kier molecular flexibility index (Phi) is 9.23. The van der Waals surface area contributed by atoms with Crippen LogP contribution in [0.4, 0.5) is 17.1 Å². The van der Waals surface area contributed by atoms with E-state index in [-0.39, 0.29) is 0 Å². The Morgan fingerprint density at radius 2 is 0.614 bits per heavy atom. The van der Waals surface area contributed by atoms with Crippen LogP contribution < -0.4 is 25.6 Å². The maximum Gasteiger partial charge on any atom is 0.179 e. The molecule has 14 aromatic rings. The Morgan fingerprint density at radius 3 is 1.06 bits per heavy atom. The van der Waals surface area contributed by atoms with Gasteiger partial charge in [-0.1, -0.05) is 188 Å². The van der Waals surface area contributed by atoms with Gasteiger partial charge in [-0.05, 0) is 117 Å². The van der Waals surface area contributed by atoms with Crippen LogP contribution >= 0.6 is 0 Å². The molecule has 0 unspecified atom stereocenters. The zero-order valence-electron chi connectivity index (χ0n) is 38.3. The molecule has 0 saturated heterocycles. The minimum Gasteiger partial charge on any atom is -0.311 e. The number of hydrogen-bond donors (Lipinski definition) is 0. The Hall–Kier alpha value is -8.96. The zero-order chi connectivity index (χ0) is 46.2.